The molecule has 0 fully saturated rings. The van der Waals surface area contributed by atoms with Crippen LogP contribution in [0.4, 0.5) is 5.69 Å². The van der Waals surface area contributed by atoms with Gasteiger partial charge in [-0.05, 0) is 54.3 Å². The van der Waals surface area contributed by atoms with Gasteiger partial charge in [-0.25, -0.2) is 4.98 Å². The summed E-state index contributed by atoms with van der Waals surface area (Å²) in [5.41, 5.74) is 3.94. The van der Waals surface area contributed by atoms with Crippen LogP contribution in [0.2, 0.25) is 0 Å². The Bertz CT molecular complexity index is 1120. The van der Waals surface area contributed by atoms with Crippen molar-refractivity contribution in [3.8, 4) is 5.75 Å². The Labute approximate surface area is 180 Å². The van der Waals surface area contributed by atoms with E-state index in [1.54, 1.807) is 18.4 Å². The number of nitrogens with one attached hydrogen (secondary N) is 1. The summed E-state index contributed by atoms with van der Waals surface area (Å²) in [5.74, 6) is 0.303. The Morgan fingerprint density at radius 3 is 2.50 bits per heavy atom. The lowest BCUT2D eigenvalue weighted by molar-refractivity contribution is -0.117. The number of fused-ring (bicyclic) bond motifs is 1. The average molecular weight is 417 g/mol. The highest BCUT2D eigenvalue weighted by atomic mass is 32.1. The van der Waals surface area contributed by atoms with E-state index in [2.05, 4.69) is 12.2 Å². The maximum absolute atomic E-state index is 13.4. The molecule has 0 unspecified atom stereocenters. The number of nitrogens with zero attached hydrogens (tertiary/aromatic N) is 1. The Morgan fingerprint density at radius 1 is 1.03 bits per heavy atom. The molecular formula is C25H24N2O2S. The summed E-state index contributed by atoms with van der Waals surface area (Å²) in [4.78, 5) is 18.1. The molecule has 1 aromatic heterocycles. The van der Waals surface area contributed by atoms with E-state index < -0.39 is 5.92 Å². The van der Waals surface area contributed by atoms with Gasteiger partial charge in [0.1, 0.15) is 10.8 Å². The van der Waals surface area contributed by atoms with Gasteiger partial charge in [0.05, 0.1) is 23.2 Å². The lowest BCUT2D eigenvalue weighted by Gasteiger charge is -2.17. The van der Waals surface area contributed by atoms with Crippen molar-refractivity contribution in [2.75, 3.05) is 12.4 Å². The van der Waals surface area contributed by atoms with Crippen LogP contribution < -0.4 is 10.1 Å². The highest BCUT2D eigenvalue weighted by Gasteiger charge is 2.26. The first-order valence-corrected chi connectivity index (χ1v) is 10.9. The molecule has 1 amide bonds. The van der Waals surface area contributed by atoms with Gasteiger partial charge in [-0.15, -0.1) is 11.3 Å². The second-order valence-corrected chi connectivity index (χ2v) is 8.19. The number of aryl methyl sites for hydroxylation is 1. The number of hydrogen-bond donors (Lipinski definition) is 1. The molecule has 0 aliphatic rings. The highest BCUT2D eigenvalue weighted by molar-refractivity contribution is 7.18. The van der Waals surface area contributed by atoms with E-state index in [0.717, 1.165) is 38.6 Å². The molecule has 5 heteroatoms. The van der Waals surface area contributed by atoms with E-state index in [0.29, 0.717) is 6.42 Å². The van der Waals surface area contributed by atoms with Gasteiger partial charge in [0, 0.05) is 5.69 Å². The van der Waals surface area contributed by atoms with Gasteiger partial charge in [-0.3, -0.25) is 4.79 Å². The molecule has 4 nitrogen and oxygen atoms in total. The van der Waals surface area contributed by atoms with Crippen LogP contribution in [-0.2, 0) is 17.6 Å². The van der Waals surface area contributed by atoms with E-state index >= 15 is 0 Å². The van der Waals surface area contributed by atoms with Crippen molar-refractivity contribution in [3.63, 3.8) is 0 Å². The normalized spacial score (nSPS) is 11.9. The fourth-order valence-corrected chi connectivity index (χ4v) is 4.54. The summed E-state index contributed by atoms with van der Waals surface area (Å²) in [7, 11) is 1.65. The Morgan fingerprint density at radius 2 is 1.77 bits per heavy atom. The molecule has 0 aliphatic carbocycles. The first-order chi connectivity index (χ1) is 14.7. The zero-order valence-electron chi connectivity index (χ0n) is 17.1. The third-order valence-corrected chi connectivity index (χ3v) is 6.32. The molecule has 0 saturated heterocycles. The number of methoxy groups -OCH3 is 1. The fraction of sp³-hybridized carbons (Fsp3) is 0.200. The van der Waals surface area contributed by atoms with Crippen LogP contribution in [0, 0.1) is 0 Å². The van der Waals surface area contributed by atoms with Gasteiger partial charge in [-0.2, -0.15) is 0 Å². The molecule has 1 N–H and O–H groups in total. The number of benzene rings is 3. The largest absolute Gasteiger partial charge is 0.496 e. The van der Waals surface area contributed by atoms with E-state index in [-0.39, 0.29) is 5.91 Å². The van der Waals surface area contributed by atoms with Gasteiger partial charge in [-0.1, -0.05) is 49.4 Å². The summed E-state index contributed by atoms with van der Waals surface area (Å²) in [6.07, 6.45) is 1.49. The van der Waals surface area contributed by atoms with Crippen LogP contribution in [0.3, 0.4) is 0 Å². The minimum Gasteiger partial charge on any atom is -0.496 e. The van der Waals surface area contributed by atoms with Crippen molar-refractivity contribution < 1.29 is 9.53 Å². The van der Waals surface area contributed by atoms with Gasteiger partial charge in [0.15, 0.2) is 0 Å². The Hall–Kier alpha value is -3.18. The molecule has 4 rings (SSSR count). The maximum atomic E-state index is 13.4. The van der Waals surface area contributed by atoms with Crippen molar-refractivity contribution in [2.24, 2.45) is 0 Å². The number of ether oxygens (including phenoxy) is 1. The van der Waals surface area contributed by atoms with Crippen LogP contribution in [0.25, 0.3) is 10.2 Å². The average Bonchev–Trinajstić information content (AvgIpc) is 3.22. The molecule has 0 spiro atoms. The van der Waals surface area contributed by atoms with Gasteiger partial charge < -0.3 is 10.1 Å². The van der Waals surface area contributed by atoms with Crippen LogP contribution >= 0.6 is 11.3 Å². The second kappa shape index (κ2) is 9.09. The summed E-state index contributed by atoms with van der Waals surface area (Å²) in [6.45, 7) is 2.12. The number of amides is 1. The molecule has 0 saturated carbocycles. The van der Waals surface area contributed by atoms with Crippen LogP contribution in [-0.4, -0.2) is 18.0 Å². The topological polar surface area (TPSA) is 51.2 Å². The molecular weight excluding hydrogens is 392 g/mol. The predicted octanol–water partition coefficient (Wildman–Crippen LogP) is 5.83. The van der Waals surface area contributed by atoms with Crippen LogP contribution in [0.5, 0.6) is 5.75 Å². The van der Waals surface area contributed by atoms with Crippen molar-refractivity contribution in [3.05, 3.63) is 88.9 Å². The van der Waals surface area contributed by atoms with Crippen molar-refractivity contribution >= 4 is 33.1 Å². The first kappa shape index (κ1) is 20.1. The standard InChI is InChI=1S/C25H24N2O2S/c1-3-17-12-14-19(15-13-17)26-24(28)20(16-18-8-4-6-10-22(18)29-2)25-27-21-9-5-7-11-23(21)30-25/h4-15,20H,3,16H2,1-2H3,(H,26,28)/t20-/m0/s1. The zero-order valence-corrected chi connectivity index (χ0v) is 17.9. The Kier molecular flexibility index (Phi) is 6.10. The van der Waals surface area contributed by atoms with E-state index in [9.17, 15) is 4.79 Å². The molecule has 1 heterocycles. The third-order valence-electron chi connectivity index (χ3n) is 5.17. The van der Waals surface area contributed by atoms with Crippen LogP contribution in [0.1, 0.15) is 29.0 Å². The minimum absolute atomic E-state index is 0.0655. The Balaban J connectivity index is 1.67. The summed E-state index contributed by atoms with van der Waals surface area (Å²) in [5, 5.41) is 3.89. The van der Waals surface area contributed by atoms with E-state index in [1.807, 2.05) is 72.8 Å². The summed E-state index contributed by atoms with van der Waals surface area (Å²) in [6, 6.07) is 23.8. The minimum atomic E-state index is -0.412. The lowest BCUT2D eigenvalue weighted by atomic mass is 9.98. The molecule has 0 radical (unpaired) electrons. The number of thiazole rings is 1. The monoisotopic (exact) mass is 416 g/mol. The molecule has 4 aromatic rings. The first-order valence-electron chi connectivity index (χ1n) is 10.0. The van der Waals surface area contributed by atoms with E-state index in [4.69, 9.17) is 9.72 Å². The van der Waals surface area contributed by atoms with Crippen molar-refractivity contribution in [1.29, 1.82) is 0 Å². The molecule has 30 heavy (non-hydrogen) atoms. The SMILES string of the molecule is CCc1ccc(NC(=O)[C@H](Cc2ccccc2OC)c2nc3ccccc3s2)cc1. The number of carbonyl (C=O) groups excluding carboxylic acids is 1. The number of rotatable bonds is 7. The molecule has 1 atom stereocenters. The molecule has 0 aliphatic heterocycles. The number of anilines is 1. The number of para-hydroxylation sites is 2. The predicted molar refractivity (Wildman–Crippen MR) is 124 cm³/mol. The van der Waals surface area contributed by atoms with Crippen molar-refractivity contribution in [2.45, 2.75) is 25.7 Å². The second-order valence-electron chi connectivity index (χ2n) is 7.13. The molecule has 0 bridgehead atoms. The van der Waals surface area contributed by atoms with Crippen molar-refractivity contribution in [1.82, 2.24) is 4.98 Å². The van der Waals surface area contributed by atoms with Crippen LogP contribution in [0.15, 0.2) is 72.8 Å². The fourth-order valence-electron chi connectivity index (χ4n) is 3.48. The van der Waals surface area contributed by atoms with Gasteiger partial charge >= 0.3 is 0 Å². The zero-order chi connectivity index (χ0) is 20.9. The lowest BCUT2D eigenvalue weighted by Crippen LogP contribution is -2.23. The summed E-state index contributed by atoms with van der Waals surface area (Å²) >= 11 is 1.57. The van der Waals surface area contributed by atoms with Gasteiger partial charge in [0.25, 0.3) is 0 Å². The number of aromatic nitrogens is 1. The smallest absolute Gasteiger partial charge is 0.234 e. The quantitative estimate of drug-likeness (QED) is 0.412. The third kappa shape index (κ3) is 4.36. The number of carbonyl (C=O) groups is 1. The summed E-state index contributed by atoms with van der Waals surface area (Å²) < 4.78 is 6.60. The highest BCUT2D eigenvalue weighted by Crippen LogP contribution is 2.33. The molecule has 3 aromatic carbocycles. The number of hydrogen-bond acceptors (Lipinski definition) is 4. The maximum Gasteiger partial charge on any atom is 0.234 e. The molecule has 152 valence electrons. The van der Waals surface area contributed by atoms with Gasteiger partial charge in [0.2, 0.25) is 5.91 Å². The van der Waals surface area contributed by atoms with E-state index in [1.165, 1.54) is 5.56 Å².